The largest absolute Gasteiger partial charge is 0.454 e. The second-order valence-electron chi connectivity index (χ2n) is 5.95. The zero-order valence-corrected chi connectivity index (χ0v) is 13.6. The van der Waals surface area contributed by atoms with Gasteiger partial charge in [-0.15, -0.1) is 0 Å². The molecule has 1 fully saturated rings. The minimum Gasteiger partial charge on any atom is -0.454 e. The molecule has 24 heavy (non-hydrogen) atoms. The van der Waals surface area contributed by atoms with Crippen molar-refractivity contribution in [3.8, 4) is 11.5 Å². The van der Waals surface area contributed by atoms with Crippen molar-refractivity contribution in [2.75, 3.05) is 19.9 Å². The molecule has 6 heteroatoms. The third-order valence-electron chi connectivity index (χ3n) is 4.52. The van der Waals surface area contributed by atoms with Crippen molar-refractivity contribution in [1.29, 1.82) is 0 Å². The second-order valence-corrected chi connectivity index (χ2v) is 6.35. The maximum atomic E-state index is 14.0. The van der Waals surface area contributed by atoms with Crippen LogP contribution in [0.25, 0.3) is 0 Å². The first-order valence-electron chi connectivity index (χ1n) is 7.76. The quantitative estimate of drug-likeness (QED) is 0.828. The van der Waals surface area contributed by atoms with Gasteiger partial charge in [0.2, 0.25) is 6.79 Å². The number of hydrogen-bond donors (Lipinski definition) is 0. The Balaban J connectivity index is 1.53. The molecule has 0 N–H and O–H groups in total. The van der Waals surface area contributed by atoms with Crippen molar-refractivity contribution in [1.82, 2.24) is 4.90 Å². The van der Waals surface area contributed by atoms with E-state index in [2.05, 4.69) is 0 Å². The van der Waals surface area contributed by atoms with Crippen LogP contribution in [0.1, 0.15) is 28.3 Å². The number of carbonyl (C=O) groups excluding carboxylic acids is 1. The lowest BCUT2D eigenvalue weighted by Gasteiger charge is -2.18. The average molecular weight is 348 g/mol. The van der Waals surface area contributed by atoms with E-state index in [4.69, 9.17) is 21.1 Å². The summed E-state index contributed by atoms with van der Waals surface area (Å²) >= 11 is 6.00. The van der Waals surface area contributed by atoms with Crippen molar-refractivity contribution in [2.24, 2.45) is 0 Å². The Hall–Kier alpha value is -2.27. The Labute approximate surface area is 143 Å². The minimum atomic E-state index is -0.584. The van der Waals surface area contributed by atoms with Gasteiger partial charge in [-0.2, -0.15) is 0 Å². The number of amides is 1. The van der Waals surface area contributed by atoms with Gasteiger partial charge in [0, 0.05) is 19.0 Å². The van der Waals surface area contributed by atoms with E-state index in [1.54, 1.807) is 4.90 Å². The van der Waals surface area contributed by atoms with Crippen LogP contribution in [0.3, 0.4) is 0 Å². The summed E-state index contributed by atoms with van der Waals surface area (Å²) in [6.45, 7) is 1.34. The van der Waals surface area contributed by atoms with E-state index in [-0.39, 0.29) is 29.2 Å². The van der Waals surface area contributed by atoms with Crippen LogP contribution in [-0.2, 0) is 0 Å². The Kier molecular flexibility index (Phi) is 3.81. The first-order valence-corrected chi connectivity index (χ1v) is 8.14. The summed E-state index contributed by atoms with van der Waals surface area (Å²) in [5.74, 6) is 0.714. The lowest BCUT2D eigenvalue weighted by molar-refractivity contribution is 0.0786. The van der Waals surface area contributed by atoms with E-state index >= 15 is 0 Å². The number of rotatable bonds is 2. The van der Waals surface area contributed by atoms with Gasteiger partial charge in [-0.3, -0.25) is 4.79 Å². The first-order chi connectivity index (χ1) is 11.6. The van der Waals surface area contributed by atoms with Gasteiger partial charge in [0.25, 0.3) is 5.91 Å². The summed E-state index contributed by atoms with van der Waals surface area (Å²) in [5, 5.41) is 0.145. The average Bonchev–Trinajstić information content (AvgIpc) is 3.23. The molecule has 1 unspecified atom stereocenters. The first kappa shape index (κ1) is 15.3. The molecule has 2 aromatic rings. The molecule has 124 valence electrons. The van der Waals surface area contributed by atoms with E-state index in [1.165, 1.54) is 18.2 Å². The summed E-state index contributed by atoms with van der Waals surface area (Å²) < 4.78 is 24.7. The monoisotopic (exact) mass is 347 g/mol. The third-order valence-corrected chi connectivity index (χ3v) is 4.84. The predicted octanol–water partition coefficient (Wildman–Crippen LogP) is 3.84. The smallest absolute Gasteiger partial charge is 0.258 e. The minimum absolute atomic E-state index is 0.0505. The zero-order valence-electron chi connectivity index (χ0n) is 12.8. The van der Waals surface area contributed by atoms with Crippen LogP contribution in [0.15, 0.2) is 36.4 Å². The fourth-order valence-electron chi connectivity index (χ4n) is 3.24. The second kappa shape index (κ2) is 5.98. The fraction of sp³-hybridized carbons (Fsp3) is 0.278. The van der Waals surface area contributed by atoms with Crippen LogP contribution in [0.5, 0.6) is 11.5 Å². The van der Waals surface area contributed by atoms with Crippen LogP contribution >= 0.6 is 11.6 Å². The Bertz CT molecular complexity index is 791. The van der Waals surface area contributed by atoms with E-state index in [9.17, 15) is 9.18 Å². The normalized spacial score (nSPS) is 18.9. The number of ether oxygens (including phenoxy) is 2. The number of hydrogen-bond acceptors (Lipinski definition) is 3. The molecule has 1 amide bonds. The Morgan fingerprint density at radius 2 is 2.04 bits per heavy atom. The van der Waals surface area contributed by atoms with E-state index in [0.717, 1.165) is 23.5 Å². The number of nitrogens with zero attached hydrogens (tertiary/aromatic N) is 1. The summed E-state index contributed by atoms with van der Waals surface area (Å²) in [5.41, 5.74) is 1.04. The van der Waals surface area contributed by atoms with E-state index in [1.807, 2.05) is 18.2 Å². The molecular weight excluding hydrogens is 333 g/mol. The zero-order chi connectivity index (χ0) is 16.7. The number of halogens is 2. The molecule has 0 spiro atoms. The van der Waals surface area contributed by atoms with Gasteiger partial charge in [0.15, 0.2) is 11.5 Å². The number of fused-ring (bicyclic) bond motifs is 1. The summed E-state index contributed by atoms with van der Waals surface area (Å²) in [6, 6.07) is 10.1. The highest BCUT2D eigenvalue weighted by Crippen LogP contribution is 2.37. The molecule has 0 bridgehead atoms. The lowest BCUT2D eigenvalue weighted by atomic mass is 9.98. The maximum Gasteiger partial charge on any atom is 0.258 e. The number of carbonyl (C=O) groups is 1. The van der Waals surface area contributed by atoms with Crippen LogP contribution in [0, 0.1) is 5.82 Å². The highest BCUT2D eigenvalue weighted by Gasteiger charge is 2.31. The van der Waals surface area contributed by atoms with E-state index < -0.39 is 5.82 Å². The van der Waals surface area contributed by atoms with Gasteiger partial charge in [-0.05, 0) is 36.2 Å². The SMILES string of the molecule is O=C(c1c(F)cccc1Cl)N1CCC(c2ccc3c(c2)OCO3)C1. The van der Waals surface area contributed by atoms with Gasteiger partial charge in [0.05, 0.1) is 10.6 Å². The molecule has 4 nitrogen and oxygen atoms in total. The van der Waals surface area contributed by atoms with Crippen molar-refractivity contribution in [3.05, 3.63) is 58.4 Å². The summed E-state index contributed by atoms with van der Waals surface area (Å²) in [6.07, 6.45) is 0.817. The number of benzene rings is 2. The molecule has 0 radical (unpaired) electrons. The summed E-state index contributed by atoms with van der Waals surface area (Å²) in [4.78, 5) is 14.3. The molecular formula is C18H15ClFNO3. The Morgan fingerprint density at radius 1 is 1.21 bits per heavy atom. The molecule has 0 aromatic heterocycles. The van der Waals surface area contributed by atoms with Gasteiger partial charge in [-0.25, -0.2) is 4.39 Å². The number of likely N-dealkylation sites (tertiary alicyclic amines) is 1. The highest BCUT2D eigenvalue weighted by molar-refractivity contribution is 6.33. The van der Waals surface area contributed by atoms with Gasteiger partial charge >= 0.3 is 0 Å². The molecule has 0 aliphatic carbocycles. The third kappa shape index (κ3) is 2.59. The fourth-order valence-corrected chi connectivity index (χ4v) is 3.49. The molecule has 0 saturated carbocycles. The molecule has 2 aliphatic heterocycles. The van der Waals surface area contributed by atoms with Gasteiger partial charge < -0.3 is 14.4 Å². The van der Waals surface area contributed by atoms with Gasteiger partial charge in [-0.1, -0.05) is 23.7 Å². The van der Waals surface area contributed by atoms with Crippen LogP contribution in [-0.4, -0.2) is 30.7 Å². The topological polar surface area (TPSA) is 38.8 Å². The molecule has 2 aliphatic rings. The predicted molar refractivity (Wildman–Crippen MR) is 87.2 cm³/mol. The van der Waals surface area contributed by atoms with Crippen molar-refractivity contribution < 1.29 is 18.7 Å². The van der Waals surface area contributed by atoms with Crippen molar-refractivity contribution in [3.63, 3.8) is 0 Å². The Morgan fingerprint density at radius 3 is 2.88 bits per heavy atom. The van der Waals surface area contributed by atoms with Crippen LogP contribution in [0.2, 0.25) is 5.02 Å². The molecule has 4 rings (SSSR count). The highest BCUT2D eigenvalue weighted by atomic mass is 35.5. The van der Waals surface area contributed by atoms with E-state index in [0.29, 0.717) is 13.1 Å². The molecule has 2 aromatic carbocycles. The van der Waals surface area contributed by atoms with Crippen LogP contribution < -0.4 is 9.47 Å². The summed E-state index contributed by atoms with van der Waals surface area (Å²) in [7, 11) is 0. The molecule has 1 saturated heterocycles. The lowest BCUT2D eigenvalue weighted by Crippen LogP contribution is -2.29. The maximum absolute atomic E-state index is 14.0. The molecule has 2 heterocycles. The van der Waals surface area contributed by atoms with Gasteiger partial charge in [0.1, 0.15) is 5.82 Å². The van der Waals surface area contributed by atoms with Crippen molar-refractivity contribution >= 4 is 17.5 Å². The molecule has 1 atom stereocenters. The van der Waals surface area contributed by atoms with Crippen molar-refractivity contribution in [2.45, 2.75) is 12.3 Å². The standard InChI is InChI=1S/C18H15ClFNO3/c19-13-2-1-3-14(20)17(13)18(22)21-7-6-12(9-21)11-4-5-15-16(8-11)24-10-23-15/h1-5,8,12H,6-7,9-10H2. The van der Waals surface area contributed by atoms with Crippen LogP contribution in [0.4, 0.5) is 4.39 Å².